The summed E-state index contributed by atoms with van der Waals surface area (Å²) in [5.74, 6) is 1.33. The molecule has 128 valence electrons. The number of carbonyl (C=O) groups excluding carboxylic acids is 1. The first-order valence-corrected chi connectivity index (χ1v) is 8.76. The van der Waals surface area contributed by atoms with E-state index in [2.05, 4.69) is 10.2 Å². The Morgan fingerprint density at radius 3 is 2.83 bits per heavy atom. The molecular weight excluding hydrogens is 328 g/mol. The van der Waals surface area contributed by atoms with Gasteiger partial charge in [0.1, 0.15) is 5.75 Å². The van der Waals surface area contributed by atoms with Gasteiger partial charge in [0.25, 0.3) is 0 Å². The third-order valence-electron chi connectivity index (χ3n) is 3.82. The molecule has 1 amide bonds. The number of rotatable bonds is 7. The van der Waals surface area contributed by atoms with Crippen LogP contribution in [0.5, 0.6) is 5.75 Å². The van der Waals surface area contributed by atoms with Crippen LogP contribution in [0.4, 0.5) is 0 Å². The first-order valence-electron chi connectivity index (χ1n) is 7.77. The molecule has 2 heterocycles. The van der Waals surface area contributed by atoms with Crippen molar-refractivity contribution >= 4 is 17.7 Å². The number of hydrogen-bond acceptors (Lipinski definition) is 6. The van der Waals surface area contributed by atoms with Gasteiger partial charge in [-0.05, 0) is 37.1 Å². The SMILES string of the molecule is COc1ccc(-c2nnc(SCC(N)=O)n2CC2CCCO2)cc1. The summed E-state index contributed by atoms with van der Waals surface area (Å²) >= 11 is 1.30. The van der Waals surface area contributed by atoms with Gasteiger partial charge in [-0.15, -0.1) is 10.2 Å². The van der Waals surface area contributed by atoms with Crippen LogP contribution in [0, 0.1) is 0 Å². The lowest BCUT2D eigenvalue weighted by molar-refractivity contribution is -0.115. The van der Waals surface area contributed by atoms with Gasteiger partial charge >= 0.3 is 0 Å². The topological polar surface area (TPSA) is 92.3 Å². The zero-order valence-corrected chi connectivity index (χ0v) is 14.3. The third kappa shape index (κ3) is 3.88. The number of ether oxygens (including phenoxy) is 2. The summed E-state index contributed by atoms with van der Waals surface area (Å²) < 4.78 is 12.9. The number of primary amides is 1. The van der Waals surface area contributed by atoms with Crippen LogP contribution in [0.25, 0.3) is 11.4 Å². The van der Waals surface area contributed by atoms with E-state index in [1.807, 2.05) is 28.8 Å². The quantitative estimate of drug-likeness (QED) is 0.766. The molecule has 2 aromatic rings. The molecular formula is C16H20N4O3S. The number of thioether (sulfide) groups is 1. The molecule has 0 radical (unpaired) electrons. The Morgan fingerprint density at radius 2 is 2.21 bits per heavy atom. The number of aromatic nitrogens is 3. The van der Waals surface area contributed by atoms with Gasteiger partial charge in [0, 0.05) is 12.2 Å². The van der Waals surface area contributed by atoms with Gasteiger partial charge in [0.15, 0.2) is 11.0 Å². The molecule has 2 N–H and O–H groups in total. The lowest BCUT2D eigenvalue weighted by Gasteiger charge is -2.14. The van der Waals surface area contributed by atoms with E-state index < -0.39 is 0 Å². The van der Waals surface area contributed by atoms with Crippen LogP contribution >= 0.6 is 11.8 Å². The number of methoxy groups -OCH3 is 1. The van der Waals surface area contributed by atoms with Crippen molar-refractivity contribution in [2.24, 2.45) is 5.73 Å². The van der Waals surface area contributed by atoms with E-state index in [4.69, 9.17) is 15.2 Å². The summed E-state index contributed by atoms with van der Waals surface area (Å²) in [5, 5.41) is 9.21. The van der Waals surface area contributed by atoms with Crippen LogP contribution < -0.4 is 10.5 Å². The molecule has 0 spiro atoms. The minimum absolute atomic E-state index is 0.144. The van der Waals surface area contributed by atoms with Gasteiger partial charge in [0.05, 0.1) is 25.5 Å². The number of amides is 1. The number of carbonyl (C=O) groups is 1. The fourth-order valence-electron chi connectivity index (χ4n) is 2.64. The van der Waals surface area contributed by atoms with Crippen LogP contribution in [0.1, 0.15) is 12.8 Å². The number of nitrogens with two attached hydrogens (primary N) is 1. The molecule has 1 atom stereocenters. The molecule has 1 saturated heterocycles. The lowest BCUT2D eigenvalue weighted by atomic mass is 10.2. The summed E-state index contributed by atoms with van der Waals surface area (Å²) in [6.07, 6.45) is 2.22. The molecule has 8 heteroatoms. The molecule has 24 heavy (non-hydrogen) atoms. The van der Waals surface area contributed by atoms with E-state index >= 15 is 0 Å². The summed E-state index contributed by atoms with van der Waals surface area (Å²) in [5.41, 5.74) is 6.19. The van der Waals surface area contributed by atoms with Gasteiger partial charge in [-0.1, -0.05) is 11.8 Å². The second-order valence-electron chi connectivity index (χ2n) is 5.54. The zero-order chi connectivity index (χ0) is 16.9. The highest BCUT2D eigenvalue weighted by atomic mass is 32.2. The standard InChI is InChI=1S/C16H20N4O3S/c1-22-12-6-4-11(5-7-12)15-18-19-16(24-10-14(17)21)20(15)9-13-3-2-8-23-13/h4-7,13H,2-3,8-10H2,1H3,(H2,17,21). The highest BCUT2D eigenvalue weighted by molar-refractivity contribution is 7.99. The van der Waals surface area contributed by atoms with E-state index in [-0.39, 0.29) is 17.8 Å². The Balaban J connectivity index is 1.89. The third-order valence-corrected chi connectivity index (χ3v) is 4.81. The van der Waals surface area contributed by atoms with Gasteiger partial charge < -0.3 is 15.2 Å². The molecule has 7 nitrogen and oxygen atoms in total. The maximum Gasteiger partial charge on any atom is 0.227 e. The Morgan fingerprint density at radius 1 is 1.42 bits per heavy atom. The molecule has 1 fully saturated rings. The van der Waals surface area contributed by atoms with Crippen LogP contribution in [-0.4, -0.2) is 46.2 Å². The zero-order valence-electron chi connectivity index (χ0n) is 13.5. The van der Waals surface area contributed by atoms with Crippen molar-refractivity contribution in [2.75, 3.05) is 19.5 Å². The lowest BCUT2D eigenvalue weighted by Crippen LogP contribution is -2.18. The van der Waals surface area contributed by atoms with Crippen molar-refractivity contribution in [1.29, 1.82) is 0 Å². The Hall–Kier alpha value is -2.06. The molecule has 3 rings (SSSR count). The van der Waals surface area contributed by atoms with Crippen molar-refractivity contribution in [2.45, 2.75) is 30.6 Å². The minimum atomic E-state index is -0.377. The number of benzene rings is 1. The molecule has 0 saturated carbocycles. The van der Waals surface area contributed by atoms with Crippen LogP contribution in [-0.2, 0) is 16.1 Å². The predicted molar refractivity (Wildman–Crippen MR) is 90.9 cm³/mol. The van der Waals surface area contributed by atoms with Crippen molar-refractivity contribution < 1.29 is 14.3 Å². The predicted octanol–water partition coefficient (Wildman–Crippen LogP) is 1.71. The second kappa shape index (κ2) is 7.67. The Bertz CT molecular complexity index is 696. The van der Waals surface area contributed by atoms with Crippen molar-refractivity contribution in [3.63, 3.8) is 0 Å². The van der Waals surface area contributed by atoms with Crippen molar-refractivity contribution in [3.05, 3.63) is 24.3 Å². The first-order chi connectivity index (χ1) is 11.7. The van der Waals surface area contributed by atoms with Gasteiger partial charge in [-0.2, -0.15) is 0 Å². The molecule has 1 aliphatic rings. The van der Waals surface area contributed by atoms with Crippen LogP contribution in [0.3, 0.4) is 0 Å². The first kappa shape index (κ1) is 16.8. The molecule has 0 bridgehead atoms. The van der Waals surface area contributed by atoms with E-state index in [0.717, 1.165) is 36.6 Å². The maximum absolute atomic E-state index is 11.1. The van der Waals surface area contributed by atoms with Gasteiger partial charge in [-0.3, -0.25) is 9.36 Å². The summed E-state index contributed by atoms with van der Waals surface area (Å²) in [6, 6.07) is 7.65. The van der Waals surface area contributed by atoms with Gasteiger partial charge in [0.2, 0.25) is 5.91 Å². The maximum atomic E-state index is 11.1. The molecule has 1 aromatic carbocycles. The normalized spacial score (nSPS) is 17.1. The fraction of sp³-hybridized carbons (Fsp3) is 0.438. The highest BCUT2D eigenvalue weighted by Crippen LogP contribution is 2.27. The van der Waals surface area contributed by atoms with E-state index in [0.29, 0.717) is 11.7 Å². The Kier molecular flexibility index (Phi) is 5.37. The molecule has 1 aliphatic heterocycles. The highest BCUT2D eigenvalue weighted by Gasteiger charge is 2.22. The number of nitrogens with zero attached hydrogens (tertiary/aromatic N) is 3. The van der Waals surface area contributed by atoms with Crippen LogP contribution in [0.2, 0.25) is 0 Å². The fourth-order valence-corrected chi connectivity index (χ4v) is 3.33. The largest absolute Gasteiger partial charge is 0.497 e. The summed E-state index contributed by atoms with van der Waals surface area (Å²) in [7, 11) is 1.63. The Labute approximate surface area is 144 Å². The van der Waals surface area contributed by atoms with E-state index in [9.17, 15) is 4.79 Å². The average Bonchev–Trinajstić information content (AvgIpc) is 3.23. The monoisotopic (exact) mass is 348 g/mol. The average molecular weight is 348 g/mol. The van der Waals surface area contributed by atoms with Crippen molar-refractivity contribution in [1.82, 2.24) is 14.8 Å². The van der Waals surface area contributed by atoms with E-state index in [1.165, 1.54) is 11.8 Å². The number of hydrogen-bond donors (Lipinski definition) is 1. The summed E-state index contributed by atoms with van der Waals surface area (Å²) in [6.45, 7) is 1.45. The molecule has 1 unspecified atom stereocenters. The molecule has 0 aliphatic carbocycles. The van der Waals surface area contributed by atoms with Crippen LogP contribution in [0.15, 0.2) is 29.4 Å². The smallest absolute Gasteiger partial charge is 0.227 e. The minimum Gasteiger partial charge on any atom is -0.497 e. The van der Waals surface area contributed by atoms with E-state index in [1.54, 1.807) is 7.11 Å². The second-order valence-corrected chi connectivity index (χ2v) is 6.48. The summed E-state index contributed by atoms with van der Waals surface area (Å²) in [4.78, 5) is 11.1. The molecule has 1 aromatic heterocycles. The van der Waals surface area contributed by atoms with Gasteiger partial charge in [-0.25, -0.2) is 0 Å². The van der Waals surface area contributed by atoms with Crippen molar-refractivity contribution in [3.8, 4) is 17.1 Å².